The van der Waals surface area contributed by atoms with E-state index < -0.39 is 9.84 Å². The lowest BCUT2D eigenvalue weighted by Gasteiger charge is -1.99. The van der Waals surface area contributed by atoms with Crippen molar-refractivity contribution in [3.63, 3.8) is 0 Å². The van der Waals surface area contributed by atoms with Gasteiger partial charge in [0.05, 0.1) is 22.5 Å². The molecule has 1 aliphatic carbocycles. The minimum absolute atomic E-state index is 0.320. The molecule has 1 aromatic carbocycles. The Hall–Kier alpha value is -1.40. The topological polar surface area (TPSA) is 74.8 Å². The van der Waals surface area contributed by atoms with Gasteiger partial charge in [0.25, 0.3) is 0 Å². The fraction of sp³-hybridized carbons (Fsp3) is 0.462. The van der Waals surface area contributed by atoms with Crippen LogP contribution in [0.1, 0.15) is 18.7 Å². The summed E-state index contributed by atoms with van der Waals surface area (Å²) in [6.07, 6.45) is 3.86. The van der Waals surface area contributed by atoms with Crippen LogP contribution in [0.4, 0.5) is 0 Å². The summed E-state index contributed by atoms with van der Waals surface area (Å²) >= 11 is 0. The van der Waals surface area contributed by atoms with Gasteiger partial charge in [-0.25, -0.2) is 13.4 Å². The van der Waals surface area contributed by atoms with E-state index in [0.717, 1.165) is 29.3 Å². The minimum Gasteiger partial charge on any atom is -0.341 e. The smallest absolute Gasteiger partial charge is 0.175 e. The summed E-state index contributed by atoms with van der Waals surface area (Å²) in [5.74, 6) is 1.68. The number of sulfone groups is 1. The van der Waals surface area contributed by atoms with Gasteiger partial charge < -0.3 is 10.3 Å². The Morgan fingerprint density at radius 2 is 2.21 bits per heavy atom. The number of fused-ring (bicyclic) bond motifs is 1. The zero-order valence-corrected chi connectivity index (χ0v) is 11.6. The molecule has 0 aliphatic heterocycles. The van der Waals surface area contributed by atoms with Crippen molar-refractivity contribution in [2.24, 2.45) is 5.92 Å². The molecule has 0 amide bonds. The number of aromatic nitrogens is 2. The molecule has 0 saturated heterocycles. The quantitative estimate of drug-likeness (QED) is 0.869. The average Bonchev–Trinajstić information content (AvgIpc) is 3.06. The highest BCUT2D eigenvalue weighted by molar-refractivity contribution is 7.90. The Labute approximate surface area is 112 Å². The van der Waals surface area contributed by atoms with Gasteiger partial charge in [0.1, 0.15) is 5.82 Å². The summed E-state index contributed by atoms with van der Waals surface area (Å²) in [6.45, 7) is 1.73. The maximum absolute atomic E-state index is 11.5. The molecule has 0 atom stereocenters. The highest BCUT2D eigenvalue weighted by atomic mass is 32.2. The summed E-state index contributed by atoms with van der Waals surface area (Å²) in [6, 6.07) is 4.98. The molecule has 1 saturated carbocycles. The van der Waals surface area contributed by atoms with E-state index in [2.05, 4.69) is 15.3 Å². The van der Waals surface area contributed by atoms with E-state index in [1.165, 1.54) is 19.1 Å². The van der Waals surface area contributed by atoms with Crippen LogP contribution in [0, 0.1) is 5.92 Å². The van der Waals surface area contributed by atoms with Gasteiger partial charge in [-0.3, -0.25) is 0 Å². The number of nitrogens with zero attached hydrogens (tertiary/aromatic N) is 1. The summed E-state index contributed by atoms with van der Waals surface area (Å²) in [5.41, 5.74) is 1.57. The van der Waals surface area contributed by atoms with Crippen molar-refractivity contribution in [1.29, 1.82) is 0 Å². The van der Waals surface area contributed by atoms with Gasteiger partial charge in [0, 0.05) is 6.26 Å². The van der Waals surface area contributed by atoms with Crippen LogP contribution in [0.25, 0.3) is 11.0 Å². The number of imidazole rings is 1. The van der Waals surface area contributed by atoms with Gasteiger partial charge in [-0.2, -0.15) is 0 Å². The zero-order valence-electron chi connectivity index (χ0n) is 10.8. The first kappa shape index (κ1) is 12.6. The number of benzene rings is 1. The first-order valence-corrected chi connectivity index (χ1v) is 8.31. The molecule has 1 aromatic heterocycles. The number of hydrogen-bond acceptors (Lipinski definition) is 4. The lowest BCUT2D eigenvalue weighted by molar-refractivity contribution is 0.602. The first-order valence-electron chi connectivity index (χ1n) is 6.42. The number of rotatable bonds is 5. The molecule has 0 unspecified atom stereocenters. The normalized spacial score (nSPS) is 16.1. The first-order chi connectivity index (χ1) is 9.02. The Kier molecular flexibility index (Phi) is 3.06. The fourth-order valence-electron chi connectivity index (χ4n) is 2.07. The van der Waals surface area contributed by atoms with Crippen LogP contribution in [0.3, 0.4) is 0 Å². The maximum atomic E-state index is 11.5. The van der Waals surface area contributed by atoms with Crippen LogP contribution in [-0.4, -0.2) is 31.2 Å². The molecule has 1 fully saturated rings. The largest absolute Gasteiger partial charge is 0.341 e. The van der Waals surface area contributed by atoms with Gasteiger partial charge >= 0.3 is 0 Å². The second kappa shape index (κ2) is 4.61. The van der Waals surface area contributed by atoms with E-state index in [-0.39, 0.29) is 0 Å². The number of nitrogens with one attached hydrogen (secondary N) is 2. The second-order valence-electron chi connectivity index (χ2n) is 5.21. The van der Waals surface area contributed by atoms with Crippen LogP contribution < -0.4 is 5.32 Å². The number of hydrogen-bond donors (Lipinski definition) is 2. The molecule has 6 heteroatoms. The molecular formula is C13H17N3O2S. The zero-order chi connectivity index (χ0) is 13.5. The van der Waals surface area contributed by atoms with Crippen molar-refractivity contribution in [2.75, 3.05) is 12.8 Å². The molecule has 0 bridgehead atoms. The highest BCUT2D eigenvalue weighted by Gasteiger charge is 2.20. The van der Waals surface area contributed by atoms with Gasteiger partial charge in [-0.05, 0) is 43.5 Å². The fourth-order valence-corrected chi connectivity index (χ4v) is 2.72. The molecule has 1 heterocycles. The van der Waals surface area contributed by atoms with E-state index in [4.69, 9.17) is 0 Å². The third-order valence-electron chi connectivity index (χ3n) is 3.35. The monoisotopic (exact) mass is 279 g/mol. The summed E-state index contributed by atoms with van der Waals surface area (Å²) in [4.78, 5) is 7.92. The summed E-state index contributed by atoms with van der Waals surface area (Å²) in [7, 11) is -3.17. The van der Waals surface area contributed by atoms with E-state index >= 15 is 0 Å². The van der Waals surface area contributed by atoms with Crippen LogP contribution >= 0.6 is 0 Å². The van der Waals surface area contributed by atoms with E-state index in [0.29, 0.717) is 11.4 Å². The molecule has 1 aliphatic rings. The lowest BCUT2D eigenvalue weighted by Crippen LogP contribution is -2.16. The van der Waals surface area contributed by atoms with E-state index in [1.807, 2.05) is 0 Å². The Morgan fingerprint density at radius 3 is 2.89 bits per heavy atom. The van der Waals surface area contributed by atoms with Crippen LogP contribution in [-0.2, 0) is 16.4 Å². The molecule has 3 rings (SSSR count). The van der Waals surface area contributed by atoms with Crippen molar-refractivity contribution < 1.29 is 8.42 Å². The van der Waals surface area contributed by atoms with Gasteiger partial charge in [0.2, 0.25) is 0 Å². The summed E-state index contributed by atoms with van der Waals surface area (Å²) in [5, 5.41) is 3.36. The van der Waals surface area contributed by atoms with Gasteiger partial charge in [0.15, 0.2) is 9.84 Å². The Morgan fingerprint density at radius 1 is 1.42 bits per heavy atom. The maximum Gasteiger partial charge on any atom is 0.175 e. The van der Waals surface area contributed by atoms with Crippen molar-refractivity contribution >= 4 is 20.9 Å². The van der Waals surface area contributed by atoms with Crippen molar-refractivity contribution in [1.82, 2.24) is 15.3 Å². The molecule has 19 heavy (non-hydrogen) atoms. The Bertz CT molecular complexity index is 702. The molecule has 2 aromatic rings. The molecule has 0 radical (unpaired) electrons. The summed E-state index contributed by atoms with van der Waals surface area (Å²) < 4.78 is 23.0. The van der Waals surface area contributed by atoms with Gasteiger partial charge in [-0.15, -0.1) is 0 Å². The SMILES string of the molecule is CS(=O)(=O)c1ccc2nc(CNCC3CC3)[nH]c2c1. The lowest BCUT2D eigenvalue weighted by atomic mass is 10.3. The molecule has 2 N–H and O–H groups in total. The van der Waals surface area contributed by atoms with Crippen LogP contribution in [0.2, 0.25) is 0 Å². The molecular weight excluding hydrogens is 262 g/mol. The highest BCUT2D eigenvalue weighted by Crippen LogP contribution is 2.27. The average molecular weight is 279 g/mol. The van der Waals surface area contributed by atoms with E-state index in [9.17, 15) is 8.42 Å². The minimum atomic E-state index is -3.17. The van der Waals surface area contributed by atoms with Crippen molar-refractivity contribution in [3.8, 4) is 0 Å². The second-order valence-corrected chi connectivity index (χ2v) is 7.22. The van der Waals surface area contributed by atoms with Crippen molar-refractivity contribution in [2.45, 2.75) is 24.3 Å². The predicted molar refractivity (Wildman–Crippen MR) is 73.6 cm³/mol. The standard InChI is InChI=1S/C13H17N3O2S/c1-19(17,18)10-4-5-11-12(6-10)16-13(15-11)8-14-7-9-2-3-9/h4-6,9,14H,2-3,7-8H2,1H3,(H,15,16). The van der Waals surface area contributed by atoms with Crippen LogP contribution in [0.5, 0.6) is 0 Å². The van der Waals surface area contributed by atoms with Crippen LogP contribution in [0.15, 0.2) is 23.1 Å². The third kappa shape index (κ3) is 2.96. The van der Waals surface area contributed by atoms with Crippen molar-refractivity contribution in [3.05, 3.63) is 24.0 Å². The number of H-pyrrole nitrogens is 1. The van der Waals surface area contributed by atoms with Gasteiger partial charge in [-0.1, -0.05) is 0 Å². The Balaban J connectivity index is 1.79. The predicted octanol–water partition coefficient (Wildman–Crippen LogP) is 1.47. The molecule has 5 nitrogen and oxygen atoms in total. The molecule has 0 spiro atoms. The molecule has 102 valence electrons. The van der Waals surface area contributed by atoms with E-state index in [1.54, 1.807) is 18.2 Å². The number of aromatic amines is 1. The third-order valence-corrected chi connectivity index (χ3v) is 4.46.